The van der Waals surface area contributed by atoms with Crippen molar-refractivity contribution in [2.75, 3.05) is 19.8 Å². The summed E-state index contributed by atoms with van der Waals surface area (Å²) in [6.07, 6.45) is 20.3. The second-order valence-electron chi connectivity index (χ2n) is 11.4. The predicted octanol–water partition coefficient (Wildman–Crippen LogP) is 6.83. The van der Waals surface area contributed by atoms with Crippen molar-refractivity contribution in [2.45, 2.75) is 161 Å². The monoisotopic (exact) mass is 637 g/mol. The number of carbonyl (C=O) groups is 3. The summed E-state index contributed by atoms with van der Waals surface area (Å²) < 4.78 is 26.5. The Kier molecular flexibility index (Phi) is 27.0. The first kappa shape index (κ1) is 41.5. The van der Waals surface area contributed by atoms with Gasteiger partial charge in [-0.3, -0.25) is 18.6 Å². The number of carboxylic acid groups (broad SMARTS) is 1. The van der Waals surface area contributed by atoms with Gasteiger partial charge in [0.2, 0.25) is 5.91 Å². The molecule has 0 heterocycles. The van der Waals surface area contributed by atoms with E-state index in [1.165, 1.54) is 64.2 Å². The Morgan fingerprint density at radius 1 is 0.651 bits per heavy atom. The number of aliphatic hydroxyl groups excluding tert-OH is 1. The second kappa shape index (κ2) is 28.0. The molecule has 4 N–H and O–H groups in total. The second-order valence-corrected chi connectivity index (χ2v) is 12.8. The molecule has 0 aromatic rings. The van der Waals surface area contributed by atoms with E-state index in [1.54, 1.807) is 0 Å². The van der Waals surface area contributed by atoms with Gasteiger partial charge in [0.25, 0.3) is 0 Å². The van der Waals surface area contributed by atoms with Crippen LogP contribution in [0.5, 0.6) is 0 Å². The average Bonchev–Trinajstić information content (AvgIpc) is 2.97. The summed E-state index contributed by atoms with van der Waals surface area (Å²) >= 11 is 0. The molecule has 254 valence electrons. The SMILES string of the molecule is CCCCCCCCCCCCCCCC(=O)NC(COP(=O)(O)OCC(O)COC(=O)CCCCCCCC)C(=O)O. The molecule has 0 saturated heterocycles. The maximum Gasteiger partial charge on any atom is 0.472 e. The van der Waals surface area contributed by atoms with Crippen LogP contribution in [0.3, 0.4) is 0 Å². The fourth-order valence-corrected chi connectivity index (χ4v) is 5.26. The first-order valence-electron chi connectivity index (χ1n) is 16.6. The minimum atomic E-state index is -4.73. The molecule has 0 aliphatic rings. The van der Waals surface area contributed by atoms with E-state index < -0.39 is 57.6 Å². The van der Waals surface area contributed by atoms with Crippen molar-refractivity contribution in [1.29, 1.82) is 0 Å². The van der Waals surface area contributed by atoms with Crippen LogP contribution in [0.1, 0.15) is 149 Å². The maximum atomic E-state index is 12.2. The van der Waals surface area contributed by atoms with Gasteiger partial charge in [-0.15, -0.1) is 0 Å². The number of phosphoric acid groups is 1. The Morgan fingerprint density at radius 3 is 1.53 bits per heavy atom. The van der Waals surface area contributed by atoms with E-state index in [-0.39, 0.29) is 12.8 Å². The molecule has 43 heavy (non-hydrogen) atoms. The lowest BCUT2D eigenvalue weighted by Gasteiger charge is -2.18. The van der Waals surface area contributed by atoms with Gasteiger partial charge < -0.3 is 25.2 Å². The highest BCUT2D eigenvalue weighted by Gasteiger charge is 2.28. The molecule has 0 radical (unpaired) electrons. The summed E-state index contributed by atoms with van der Waals surface area (Å²) in [6, 6.07) is -1.54. The molecule has 3 unspecified atom stereocenters. The van der Waals surface area contributed by atoms with Crippen LogP contribution < -0.4 is 5.32 Å². The third kappa shape index (κ3) is 27.7. The first-order chi connectivity index (χ1) is 20.6. The number of amides is 1. The molecule has 1 amide bonds. The van der Waals surface area contributed by atoms with E-state index in [0.717, 1.165) is 44.9 Å². The lowest BCUT2D eigenvalue weighted by atomic mass is 10.0. The summed E-state index contributed by atoms with van der Waals surface area (Å²) in [5.41, 5.74) is 0. The van der Waals surface area contributed by atoms with E-state index in [9.17, 15) is 34.1 Å². The van der Waals surface area contributed by atoms with E-state index in [2.05, 4.69) is 23.7 Å². The minimum absolute atomic E-state index is 0.151. The van der Waals surface area contributed by atoms with Crippen LogP contribution in [0.25, 0.3) is 0 Å². The number of esters is 1. The highest BCUT2D eigenvalue weighted by molar-refractivity contribution is 7.47. The Hall–Kier alpha value is -1.52. The molecule has 0 aromatic carbocycles. The molecular formula is C31H60NO10P. The molecule has 0 spiro atoms. The number of nitrogens with one attached hydrogen (secondary N) is 1. The number of hydrogen-bond donors (Lipinski definition) is 4. The van der Waals surface area contributed by atoms with Gasteiger partial charge in [-0.25, -0.2) is 9.36 Å². The number of aliphatic hydroxyl groups is 1. The maximum absolute atomic E-state index is 12.2. The summed E-state index contributed by atoms with van der Waals surface area (Å²) in [5, 5.41) is 21.6. The highest BCUT2D eigenvalue weighted by Crippen LogP contribution is 2.43. The van der Waals surface area contributed by atoms with Gasteiger partial charge in [-0.2, -0.15) is 0 Å². The van der Waals surface area contributed by atoms with E-state index >= 15 is 0 Å². The summed E-state index contributed by atoms with van der Waals surface area (Å²) in [7, 11) is -4.73. The third-order valence-electron chi connectivity index (χ3n) is 7.15. The van der Waals surface area contributed by atoms with Gasteiger partial charge in [0.15, 0.2) is 6.04 Å². The largest absolute Gasteiger partial charge is 0.480 e. The summed E-state index contributed by atoms with van der Waals surface area (Å²) in [6.45, 7) is 2.48. The molecule has 0 fully saturated rings. The number of carboxylic acids is 1. The normalized spacial score (nSPS) is 14.1. The Morgan fingerprint density at radius 2 is 1.07 bits per heavy atom. The topological polar surface area (TPSA) is 169 Å². The summed E-state index contributed by atoms with van der Waals surface area (Å²) in [4.78, 5) is 45.3. The smallest absolute Gasteiger partial charge is 0.472 e. The molecule has 0 bridgehead atoms. The number of hydrogen-bond acceptors (Lipinski definition) is 8. The molecule has 0 saturated carbocycles. The van der Waals surface area contributed by atoms with Crippen molar-refractivity contribution in [3.8, 4) is 0 Å². The Balaban J connectivity index is 4.02. The number of aliphatic carboxylic acids is 1. The number of phosphoric ester groups is 1. The fourth-order valence-electron chi connectivity index (χ4n) is 4.49. The van der Waals surface area contributed by atoms with Crippen molar-refractivity contribution >= 4 is 25.7 Å². The van der Waals surface area contributed by atoms with E-state index in [1.807, 2.05) is 0 Å². The lowest BCUT2D eigenvalue weighted by molar-refractivity contribution is -0.147. The van der Waals surface area contributed by atoms with Gasteiger partial charge >= 0.3 is 19.8 Å². The number of ether oxygens (including phenoxy) is 1. The van der Waals surface area contributed by atoms with Crippen LogP contribution in [-0.4, -0.2) is 64.9 Å². The van der Waals surface area contributed by atoms with Crippen molar-refractivity contribution in [3.63, 3.8) is 0 Å². The molecule has 0 aliphatic carbocycles. The fraction of sp³-hybridized carbons (Fsp3) is 0.903. The van der Waals surface area contributed by atoms with E-state index in [0.29, 0.717) is 12.8 Å². The molecule has 11 nitrogen and oxygen atoms in total. The number of rotatable bonds is 31. The van der Waals surface area contributed by atoms with Gasteiger partial charge in [0.05, 0.1) is 13.2 Å². The van der Waals surface area contributed by atoms with Crippen LogP contribution in [0.2, 0.25) is 0 Å². The Labute approximate surface area is 259 Å². The zero-order valence-electron chi connectivity index (χ0n) is 26.8. The molecule has 0 aliphatic heterocycles. The van der Waals surface area contributed by atoms with Crippen LogP contribution in [-0.2, 0) is 32.7 Å². The minimum Gasteiger partial charge on any atom is -0.480 e. The van der Waals surface area contributed by atoms with Crippen molar-refractivity contribution in [1.82, 2.24) is 5.32 Å². The first-order valence-corrected chi connectivity index (χ1v) is 18.1. The summed E-state index contributed by atoms with van der Waals surface area (Å²) in [5.74, 6) is -2.38. The van der Waals surface area contributed by atoms with Crippen LogP contribution in [0.4, 0.5) is 0 Å². The van der Waals surface area contributed by atoms with E-state index in [4.69, 9.17) is 9.26 Å². The zero-order chi connectivity index (χ0) is 32.2. The van der Waals surface area contributed by atoms with Crippen LogP contribution in [0.15, 0.2) is 0 Å². The van der Waals surface area contributed by atoms with Gasteiger partial charge in [-0.1, -0.05) is 123 Å². The average molecular weight is 638 g/mol. The Bertz CT molecular complexity index is 767. The van der Waals surface area contributed by atoms with Crippen molar-refractivity contribution < 1.29 is 47.8 Å². The van der Waals surface area contributed by atoms with Crippen molar-refractivity contribution in [3.05, 3.63) is 0 Å². The number of carbonyl (C=O) groups excluding carboxylic acids is 2. The van der Waals surface area contributed by atoms with Crippen molar-refractivity contribution in [2.24, 2.45) is 0 Å². The molecule has 0 rings (SSSR count). The molecule has 0 aromatic heterocycles. The number of unbranched alkanes of at least 4 members (excludes halogenated alkanes) is 17. The van der Waals surface area contributed by atoms with Gasteiger partial charge in [-0.05, 0) is 12.8 Å². The lowest BCUT2D eigenvalue weighted by Crippen LogP contribution is -2.43. The predicted molar refractivity (Wildman–Crippen MR) is 167 cm³/mol. The molecule has 3 atom stereocenters. The van der Waals surface area contributed by atoms with Gasteiger partial charge in [0, 0.05) is 12.8 Å². The molecule has 12 heteroatoms. The molecular weight excluding hydrogens is 577 g/mol. The third-order valence-corrected chi connectivity index (χ3v) is 8.10. The van der Waals surface area contributed by atoms with Crippen LogP contribution >= 0.6 is 7.82 Å². The zero-order valence-corrected chi connectivity index (χ0v) is 27.7. The quantitative estimate of drug-likeness (QED) is 0.0359. The van der Waals surface area contributed by atoms with Gasteiger partial charge in [0.1, 0.15) is 12.7 Å². The standard InChI is InChI=1S/C31H60NO10P/c1-3-5-7-9-11-12-13-14-15-16-17-18-20-22-29(34)32-28(31(36)37)26-42-43(38,39)41-25-27(33)24-40-30(35)23-21-19-10-8-6-4-2/h27-28,33H,3-26H2,1-2H3,(H,32,34)(H,36,37)(H,38,39). The van der Waals surface area contributed by atoms with Crippen LogP contribution in [0, 0.1) is 0 Å². The highest BCUT2D eigenvalue weighted by atomic mass is 31.2.